The molecule has 0 saturated heterocycles. The van der Waals surface area contributed by atoms with Crippen molar-refractivity contribution < 1.29 is 19.1 Å². The molecule has 0 bridgehead atoms. The Morgan fingerprint density at radius 1 is 0.875 bits per heavy atom. The summed E-state index contributed by atoms with van der Waals surface area (Å²) in [4.78, 5) is 30.4. The van der Waals surface area contributed by atoms with Gasteiger partial charge >= 0.3 is 0 Å². The van der Waals surface area contributed by atoms with Crippen LogP contribution in [0.5, 0.6) is 11.5 Å². The van der Waals surface area contributed by atoms with Crippen molar-refractivity contribution in [1.29, 1.82) is 0 Å². The van der Waals surface area contributed by atoms with Crippen LogP contribution in [0.4, 0.5) is 0 Å². The molecule has 0 spiro atoms. The number of methoxy groups -OCH3 is 2. The molecular weight excluding hydrogens is 404 g/mol. The molecule has 0 atom stereocenters. The SMILES string of the molecule is CCCCCN1C(=O)C(c2ccc(OC)c(OC)c2)=C(N(CC)Cc2ccccc2)C1=O. The lowest BCUT2D eigenvalue weighted by Crippen LogP contribution is -2.35. The smallest absolute Gasteiger partial charge is 0.277 e. The molecule has 0 saturated carbocycles. The fraction of sp³-hybridized carbons (Fsp3) is 0.385. The van der Waals surface area contributed by atoms with E-state index in [1.807, 2.05) is 48.2 Å². The highest BCUT2D eigenvalue weighted by atomic mass is 16.5. The number of rotatable bonds is 11. The van der Waals surface area contributed by atoms with Crippen LogP contribution in [0.2, 0.25) is 0 Å². The third-order valence-electron chi connectivity index (χ3n) is 5.72. The van der Waals surface area contributed by atoms with Gasteiger partial charge < -0.3 is 14.4 Å². The Labute approximate surface area is 190 Å². The van der Waals surface area contributed by atoms with E-state index in [-0.39, 0.29) is 11.8 Å². The Kier molecular flexibility index (Phi) is 7.92. The zero-order chi connectivity index (χ0) is 23.1. The molecule has 1 aliphatic heterocycles. The Bertz CT molecular complexity index is 985. The number of likely N-dealkylation sites (N-methyl/N-ethyl adjacent to an activating group) is 1. The third-order valence-corrected chi connectivity index (χ3v) is 5.72. The molecule has 6 heteroatoms. The van der Waals surface area contributed by atoms with E-state index < -0.39 is 0 Å². The molecule has 0 radical (unpaired) electrons. The molecule has 0 aliphatic carbocycles. The monoisotopic (exact) mass is 436 g/mol. The second kappa shape index (κ2) is 10.8. The summed E-state index contributed by atoms with van der Waals surface area (Å²) in [6.45, 7) is 5.67. The third kappa shape index (κ3) is 4.79. The van der Waals surface area contributed by atoms with Crippen molar-refractivity contribution in [2.45, 2.75) is 39.7 Å². The number of imide groups is 1. The van der Waals surface area contributed by atoms with Crippen molar-refractivity contribution in [1.82, 2.24) is 9.80 Å². The normalized spacial score (nSPS) is 13.7. The maximum atomic E-state index is 13.5. The van der Waals surface area contributed by atoms with E-state index in [1.165, 1.54) is 4.90 Å². The Balaban J connectivity index is 2.07. The number of ether oxygens (including phenoxy) is 2. The van der Waals surface area contributed by atoms with Crippen molar-refractivity contribution in [2.24, 2.45) is 0 Å². The maximum absolute atomic E-state index is 13.5. The predicted octanol–water partition coefficient (Wildman–Crippen LogP) is 4.50. The van der Waals surface area contributed by atoms with Crippen LogP contribution < -0.4 is 9.47 Å². The first-order valence-electron chi connectivity index (χ1n) is 11.2. The summed E-state index contributed by atoms with van der Waals surface area (Å²) < 4.78 is 10.8. The Hall–Kier alpha value is -3.28. The summed E-state index contributed by atoms with van der Waals surface area (Å²) in [6, 6.07) is 15.3. The fourth-order valence-corrected chi connectivity index (χ4v) is 3.98. The summed E-state index contributed by atoms with van der Waals surface area (Å²) in [5, 5.41) is 0. The van der Waals surface area contributed by atoms with E-state index in [2.05, 4.69) is 6.92 Å². The molecule has 1 aliphatic rings. The molecule has 2 aromatic rings. The average Bonchev–Trinajstić information content (AvgIpc) is 3.07. The first-order chi connectivity index (χ1) is 15.5. The van der Waals surface area contributed by atoms with Crippen molar-refractivity contribution in [3.05, 3.63) is 65.4 Å². The molecule has 0 unspecified atom stereocenters. The van der Waals surface area contributed by atoms with Crippen LogP contribution in [0.15, 0.2) is 54.2 Å². The number of nitrogens with zero attached hydrogens (tertiary/aromatic N) is 2. The van der Waals surface area contributed by atoms with Crippen LogP contribution >= 0.6 is 0 Å². The van der Waals surface area contributed by atoms with Gasteiger partial charge in [0.25, 0.3) is 11.8 Å². The summed E-state index contributed by atoms with van der Waals surface area (Å²) >= 11 is 0. The van der Waals surface area contributed by atoms with Gasteiger partial charge in [-0.15, -0.1) is 0 Å². The maximum Gasteiger partial charge on any atom is 0.277 e. The average molecular weight is 437 g/mol. The summed E-state index contributed by atoms with van der Waals surface area (Å²) in [6.07, 6.45) is 2.79. The first kappa shape index (κ1) is 23.4. The van der Waals surface area contributed by atoms with Gasteiger partial charge in [-0.1, -0.05) is 56.2 Å². The van der Waals surface area contributed by atoms with E-state index in [0.717, 1.165) is 24.8 Å². The lowest BCUT2D eigenvalue weighted by molar-refractivity contribution is -0.137. The van der Waals surface area contributed by atoms with E-state index in [1.54, 1.807) is 26.4 Å². The lowest BCUT2D eigenvalue weighted by atomic mass is 10.0. The number of benzene rings is 2. The minimum atomic E-state index is -0.250. The summed E-state index contributed by atoms with van der Waals surface area (Å²) in [5.74, 6) is 0.618. The molecule has 3 rings (SSSR count). The molecule has 2 amide bonds. The molecular formula is C26H32N2O4. The number of amides is 2. The van der Waals surface area contributed by atoms with Gasteiger partial charge in [-0.3, -0.25) is 14.5 Å². The summed E-state index contributed by atoms with van der Waals surface area (Å²) in [5.41, 5.74) is 2.61. The van der Waals surface area contributed by atoms with Crippen molar-refractivity contribution in [3.63, 3.8) is 0 Å². The molecule has 2 aromatic carbocycles. The van der Waals surface area contributed by atoms with Gasteiger partial charge in [0.2, 0.25) is 0 Å². The highest BCUT2D eigenvalue weighted by molar-refractivity contribution is 6.35. The van der Waals surface area contributed by atoms with Gasteiger partial charge in [0.05, 0.1) is 19.8 Å². The molecule has 32 heavy (non-hydrogen) atoms. The lowest BCUT2D eigenvalue weighted by Gasteiger charge is -2.25. The molecule has 0 N–H and O–H groups in total. The van der Waals surface area contributed by atoms with E-state index in [0.29, 0.717) is 48.0 Å². The zero-order valence-electron chi connectivity index (χ0n) is 19.4. The van der Waals surface area contributed by atoms with Gasteiger partial charge in [-0.2, -0.15) is 0 Å². The minimum Gasteiger partial charge on any atom is -0.493 e. The zero-order valence-corrected chi connectivity index (χ0v) is 19.4. The minimum absolute atomic E-state index is 0.228. The highest BCUT2D eigenvalue weighted by Gasteiger charge is 2.41. The second-order valence-electron chi connectivity index (χ2n) is 7.76. The van der Waals surface area contributed by atoms with Crippen LogP contribution in [-0.4, -0.2) is 48.9 Å². The van der Waals surface area contributed by atoms with Crippen molar-refractivity contribution in [2.75, 3.05) is 27.3 Å². The molecule has 0 aromatic heterocycles. The van der Waals surface area contributed by atoms with Gasteiger partial charge in [0, 0.05) is 19.6 Å². The largest absolute Gasteiger partial charge is 0.493 e. The Morgan fingerprint density at radius 2 is 1.59 bits per heavy atom. The molecule has 170 valence electrons. The first-order valence-corrected chi connectivity index (χ1v) is 11.2. The van der Waals surface area contributed by atoms with Crippen LogP contribution in [0.3, 0.4) is 0 Å². The highest BCUT2D eigenvalue weighted by Crippen LogP contribution is 2.37. The number of hydrogen-bond donors (Lipinski definition) is 0. The van der Waals surface area contributed by atoms with Crippen molar-refractivity contribution in [3.8, 4) is 11.5 Å². The van der Waals surface area contributed by atoms with Gasteiger partial charge in [-0.05, 0) is 36.6 Å². The van der Waals surface area contributed by atoms with E-state index in [4.69, 9.17) is 9.47 Å². The van der Waals surface area contributed by atoms with E-state index >= 15 is 0 Å². The second-order valence-corrected chi connectivity index (χ2v) is 7.76. The fourth-order valence-electron chi connectivity index (χ4n) is 3.98. The van der Waals surface area contributed by atoms with Crippen LogP contribution in [0.1, 0.15) is 44.2 Å². The summed E-state index contributed by atoms with van der Waals surface area (Å²) in [7, 11) is 3.13. The van der Waals surface area contributed by atoms with Crippen LogP contribution in [-0.2, 0) is 16.1 Å². The topological polar surface area (TPSA) is 59.1 Å². The van der Waals surface area contributed by atoms with Crippen LogP contribution in [0, 0.1) is 0 Å². The van der Waals surface area contributed by atoms with Gasteiger partial charge in [-0.25, -0.2) is 0 Å². The van der Waals surface area contributed by atoms with Gasteiger partial charge in [0.15, 0.2) is 11.5 Å². The number of carbonyl (C=O) groups excluding carboxylic acids is 2. The molecule has 1 heterocycles. The van der Waals surface area contributed by atoms with Crippen LogP contribution in [0.25, 0.3) is 5.57 Å². The molecule has 6 nitrogen and oxygen atoms in total. The van der Waals surface area contributed by atoms with E-state index in [9.17, 15) is 9.59 Å². The van der Waals surface area contributed by atoms with Crippen molar-refractivity contribution >= 4 is 17.4 Å². The van der Waals surface area contributed by atoms with Gasteiger partial charge in [0.1, 0.15) is 5.70 Å². The predicted molar refractivity (Wildman–Crippen MR) is 125 cm³/mol. The number of carbonyl (C=O) groups is 2. The number of hydrogen-bond acceptors (Lipinski definition) is 5. The number of unbranched alkanes of at least 4 members (excludes halogenated alkanes) is 2. The Morgan fingerprint density at radius 3 is 2.22 bits per heavy atom. The standard InChI is InChI=1S/C26H32N2O4/c1-5-7-11-16-28-25(29)23(20-14-15-21(31-3)22(17-20)32-4)24(26(28)30)27(6-2)18-19-12-9-8-10-13-19/h8-10,12-15,17H,5-7,11,16,18H2,1-4H3. The quantitative estimate of drug-likeness (QED) is 0.384. The molecule has 0 fully saturated rings.